The maximum Gasteiger partial charge on any atom is 0.314 e. The molecule has 0 aliphatic heterocycles. The maximum absolute atomic E-state index is 12.5. The molecular weight excluding hydrogens is 336 g/mol. The van der Waals surface area contributed by atoms with Crippen molar-refractivity contribution in [1.29, 1.82) is 0 Å². The average Bonchev–Trinajstić information content (AvgIpc) is 2.56. The molecule has 1 aliphatic carbocycles. The van der Waals surface area contributed by atoms with Gasteiger partial charge in [-0.2, -0.15) is 0 Å². The predicted octanol–water partition coefficient (Wildman–Crippen LogP) is 6.40. The van der Waals surface area contributed by atoms with Crippen LogP contribution in [0, 0.1) is 22.7 Å². The zero-order valence-corrected chi connectivity index (χ0v) is 18.1. The number of carbonyl (C=O) groups excluding carboxylic acids is 2. The highest BCUT2D eigenvalue weighted by atomic mass is 16.6. The molecule has 1 rings (SSSR count). The van der Waals surface area contributed by atoms with Crippen molar-refractivity contribution in [2.75, 3.05) is 0 Å². The molecule has 0 aromatic carbocycles. The molecule has 0 radical (unpaired) electrons. The minimum Gasteiger partial charge on any atom is -0.393 e. The third-order valence-electron chi connectivity index (χ3n) is 5.98. The first-order valence-electron chi connectivity index (χ1n) is 10.2. The second-order valence-electron chi connectivity index (χ2n) is 9.14. The van der Waals surface area contributed by atoms with Crippen molar-refractivity contribution in [3.05, 3.63) is 36.5 Å². The standard InChI is InChI=1S/C24H38O3/c1-8-23(7,13-9-10-18(2)3)16-21(25)27-22(26)17-24(19(4)5)14-11-20(6)12-15-24/h8,10-11,14,19-20H,1,9,12-13,15-17H2,2-7H3. The summed E-state index contributed by atoms with van der Waals surface area (Å²) >= 11 is 0. The number of ether oxygens (including phenoxy) is 1. The van der Waals surface area contributed by atoms with Crippen LogP contribution < -0.4 is 0 Å². The van der Waals surface area contributed by atoms with Crippen molar-refractivity contribution < 1.29 is 14.3 Å². The molecule has 0 bridgehead atoms. The van der Waals surface area contributed by atoms with Crippen LogP contribution in [0.5, 0.6) is 0 Å². The third kappa shape index (κ3) is 7.48. The lowest BCUT2D eigenvalue weighted by Crippen LogP contribution is -2.33. The van der Waals surface area contributed by atoms with Gasteiger partial charge in [0, 0.05) is 5.41 Å². The van der Waals surface area contributed by atoms with Crippen LogP contribution in [-0.2, 0) is 14.3 Å². The van der Waals surface area contributed by atoms with E-state index in [2.05, 4.69) is 59.4 Å². The zero-order chi connectivity index (χ0) is 20.7. The van der Waals surface area contributed by atoms with Gasteiger partial charge in [-0.25, -0.2) is 0 Å². The lowest BCUT2D eigenvalue weighted by molar-refractivity contribution is -0.162. The van der Waals surface area contributed by atoms with Gasteiger partial charge in [-0.05, 0) is 56.8 Å². The van der Waals surface area contributed by atoms with Crippen molar-refractivity contribution in [3.63, 3.8) is 0 Å². The molecule has 0 heterocycles. The average molecular weight is 375 g/mol. The van der Waals surface area contributed by atoms with E-state index in [1.807, 2.05) is 6.92 Å². The SMILES string of the molecule is C=CC(C)(CCC=C(C)C)CC(=O)OC(=O)CC1(C(C)C)C=CC(C)CC1. The summed E-state index contributed by atoms with van der Waals surface area (Å²) < 4.78 is 5.21. The van der Waals surface area contributed by atoms with Gasteiger partial charge in [0.25, 0.3) is 0 Å². The number of hydrogen-bond acceptors (Lipinski definition) is 3. The Balaban J connectivity index is 2.67. The van der Waals surface area contributed by atoms with Gasteiger partial charge in [0.05, 0.1) is 12.8 Å². The van der Waals surface area contributed by atoms with Crippen LogP contribution in [0.1, 0.15) is 80.1 Å². The van der Waals surface area contributed by atoms with Gasteiger partial charge < -0.3 is 4.74 Å². The Morgan fingerprint density at radius 2 is 2.00 bits per heavy atom. The summed E-state index contributed by atoms with van der Waals surface area (Å²) in [6, 6.07) is 0. The summed E-state index contributed by atoms with van der Waals surface area (Å²) in [5.74, 6) is 0.00493. The largest absolute Gasteiger partial charge is 0.393 e. The fourth-order valence-electron chi connectivity index (χ4n) is 3.62. The number of esters is 2. The Morgan fingerprint density at radius 3 is 2.48 bits per heavy atom. The molecule has 0 fully saturated rings. The first kappa shape index (κ1) is 23.4. The normalized spacial score (nSPS) is 24.2. The van der Waals surface area contributed by atoms with Crippen LogP contribution in [0.4, 0.5) is 0 Å². The van der Waals surface area contributed by atoms with Crippen molar-refractivity contribution in [2.45, 2.75) is 80.1 Å². The number of rotatable bonds is 9. The Bertz CT molecular complexity index is 595. The van der Waals surface area contributed by atoms with E-state index in [1.54, 1.807) is 6.08 Å². The van der Waals surface area contributed by atoms with Crippen LogP contribution >= 0.6 is 0 Å². The second-order valence-corrected chi connectivity index (χ2v) is 9.14. The molecule has 0 amide bonds. The smallest absolute Gasteiger partial charge is 0.314 e. The van der Waals surface area contributed by atoms with E-state index in [9.17, 15) is 9.59 Å². The summed E-state index contributed by atoms with van der Waals surface area (Å²) in [5.41, 5.74) is 0.696. The quantitative estimate of drug-likeness (QED) is 0.266. The van der Waals surface area contributed by atoms with E-state index in [4.69, 9.17) is 4.74 Å². The summed E-state index contributed by atoms with van der Waals surface area (Å²) in [4.78, 5) is 24.8. The van der Waals surface area contributed by atoms with Crippen LogP contribution in [0.25, 0.3) is 0 Å². The third-order valence-corrected chi connectivity index (χ3v) is 5.98. The highest BCUT2D eigenvalue weighted by Crippen LogP contribution is 2.43. The number of carbonyl (C=O) groups is 2. The molecule has 3 unspecified atom stereocenters. The first-order chi connectivity index (χ1) is 12.5. The van der Waals surface area contributed by atoms with Crippen LogP contribution in [0.2, 0.25) is 0 Å². The molecule has 27 heavy (non-hydrogen) atoms. The van der Waals surface area contributed by atoms with Crippen LogP contribution in [0.3, 0.4) is 0 Å². The van der Waals surface area contributed by atoms with E-state index in [0.717, 1.165) is 25.7 Å². The predicted molar refractivity (Wildman–Crippen MR) is 112 cm³/mol. The maximum atomic E-state index is 12.5. The lowest BCUT2D eigenvalue weighted by Gasteiger charge is -2.37. The number of allylic oxidation sites excluding steroid dienone is 5. The molecule has 0 saturated heterocycles. The van der Waals surface area contributed by atoms with Gasteiger partial charge >= 0.3 is 11.9 Å². The zero-order valence-electron chi connectivity index (χ0n) is 18.1. The van der Waals surface area contributed by atoms with Gasteiger partial charge in [-0.15, -0.1) is 6.58 Å². The highest BCUT2D eigenvalue weighted by molar-refractivity contribution is 5.86. The molecule has 3 heteroatoms. The first-order valence-corrected chi connectivity index (χ1v) is 10.2. The van der Waals surface area contributed by atoms with Crippen LogP contribution in [0.15, 0.2) is 36.5 Å². The van der Waals surface area contributed by atoms with Crippen molar-refractivity contribution in [2.24, 2.45) is 22.7 Å². The topological polar surface area (TPSA) is 43.4 Å². The minimum absolute atomic E-state index is 0.181. The molecule has 0 N–H and O–H groups in total. The molecule has 0 aromatic rings. The Hall–Kier alpha value is -1.64. The van der Waals surface area contributed by atoms with Crippen LogP contribution in [-0.4, -0.2) is 11.9 Å². The van der Waals surface area contributed by atoms with E-state index in [0.29, 0.717) is 11.8 Å². The van der Waals surface area contributed by atoms with Gasteiger partial charge in [0.15, 0.2) is 0 Å². The molecule has 3 atom stereocenters. The Morgan fingerprint density at radius 1 is 1.33 bits per heavy atom. The van der Waals surface area contributed by atoms with Crippen molar-refractivity contribution >= 4 is 11.9 Å². The van der Waals surface area contributed by atoms with E-state index < -0.39 is 11.9 Å². The Kier molecular flexibility index (Phi) is 8.71. The Labute approximate surface area is 165 Å². The molecule has 1 aliphatic rings. The highest BCUT2D eigenvalue weighted by Gasteiger charge is 2.37. The van der Waals surface area contributed by atoms with E-state index in [-0.39, 0.29) is 23.7 Å². The second kappa shape index (κ2) is 10.1. The summed E-state index contributed by atoms with van der Waals surface area (Å²) in [6.07, 6.45) is 12.5. The summed E-state index contributed by atoms with van der Waals surface area (Å²) in [7, 11) is 0. The minimum atomic E-state index is -0.452. The van der Waals surface area contributed by atoms with E-state index in [1.165, 1.54) is 5.57 Å². The molecule has 152 valence electrons. The van der Waals surface area contributed by atoms with Gasteiger partial charge in [-0.1, -0.05) is 57.6 Å². The molecular formula is C24H38O3. The molecule has 3 nitrogen and oxygen atoms in total. The van der Waals surface area contributed by atoms with E-state index >= 15 is 0 Å². The molecule has 0 saturated carbocycles. The fraction of sp³-hybridized carbons (Fsp3) is 0.667. The monoisotopic (exact) mass is 374 g/mol. The fourth-order valence-corrected chi connectivity index (χ4v) is 3.62. The van der Waals surface area contributed by atoms with Gasteiger partial charge in [0.1, 0.15) is 0 Å². The summed E-state index contributed by atoms with van der Waals surface area (Å²) in [6.45, 7) is 16.4. The lowest BCUT2D eigenvalue weighted by atomic mass is 9.67. The molecule has 0 aromatic heterocycles. The van der Waals surface area contributed by atoms with Crippen molar-refractivity contribution in [1.82, 2.24) is 0 Å². The number of hydrogen-bond donors (Lipinski definition) is 0. The van der Waals surface area contributed by atoms with Gasteiger partial charge in [-0.3, -0.25) is 9.59 Å². The van der Waals surface area contributed by atoms with Gasteiger partial charge in [0.2, 0.25) is 0 Å². The molecule has 0 spiro atoms. The summed E-state index contributed by atoms with van der Waals surface area (Å²) in [5, 5.41) is 0. The van der Waals surface area contributed by atoms with Crippen molar-refractivity contribution in [3.8, 4) is 0 Å².